The normalized spacial score (nSPS) is 14.6. The molecule has 0 unspecified atom stereocenters. The van der Waals surface area contributed by atoms with Crippen LogP contribution in [0.25, 0.3) is 0 Å². The zero-order valence-corrected chi connectivity index (χ0v) is 8.16. The molecule has 1 aromatic carbocycles. The molecular formula is C10H8F2OS. The number of hydrogen-bond acceptors (Lipinski definition) is 2. The van der Waals surface area contributed by atoms with E-state index in [0.29, 0.717) is 28.9 Å². The van der Waals surface area contributed by atoms with Crippen molar-refractivity contribution in [2.45, 2.75) is 17.7 Å². The van der Waals surface area contributed by atoms with Gasteiger partial charge in [0.15, 0.2) is 5.78 Å². The fourth-order valence-corrected chi connectivity index (χ4v) is 2.36. The van der Waals surface area contributed by atoms with Crippen LogP contribution in [0.15, 0.2) is 17.0 Å². The van der Waals surface area contributed by atoms with Crippen LogP contribution in [0.1, 0.15) is 22.3 Å². The van der Waals surface area contributed by atoms with Crippen molar-refractivity contribution in [2.75, 3.05) is 6.01 Å². The van der Waals surface area contributed by atoms with E-state index in [1.165, 1.54) is 12.1 Å². The number of carbonyl (C=O) groups excluding carboxylic acids is 1. The average Bonchev–Trinajstić information content (AvgIpc) is 2.55. The second kappa shape index (κ2) is 3.69. The van der Waals surface area contributed by atoms with E-state index in [1.807, 2.05) is 0 Å². The number of ketones is 1. The molecule has 14 heavy (non-hydrogen) atoms. The third-order valence-corrected chi connectivity index (χ3v) is 3.07. The van der Waals surface area contributed by atoms with E-state index < -0.39 is 6.01 Å². The van der Waals surface area contributed by atoms with Crippen molar-refractivity contribution in [3.05, 3.63) is 29.1 Å². The molecule has 0 aromatic heterocycles. The maximum Gasteiger partial charge on any atom is 0.164 e. The highest BCUT2D eigenvalue weighted by Crippen LogP contribution is 2.33. The Bertz CT molecular complexity index is 390. The van der Waals surface area contributed by atoms with Crippen molar-refractivity contribution >= 4 is 17.5 Å². The van der Waals surface area contributed by atoms with Crippen LogP contribution in [-0.2, 0) is 6.42 Å². The topological polar surface area (TPSA) is 17.1 Å². The molecule has 1 aliphatic rings. The van der Waals surface area contributed by atoms with E-state index in [9.17, 15) is 13.6 Å². The summed E-state index contributed by atoms with van der Waals surface area (Å²) in [5.41, 5.74) is 0.848. The Morgan fingerprint density at radius 1 is 1.36 bits per heavy atom. The molecule has 0 radical (unpaired) electrons. The van der Waals surface area contributed by atoms with Gasteiger partial charge in [-0.15, -0.1) is 0 Å². The first kappa shape index (κ1) is 9.65. The minimum absolute atomic E-state index is 0.0737. The van der Waals surface area contributed by atoms with Gasteiger partial charge in [0.05, 0.1) is 0 Å². The quantitative estimate of drug-likeness (QED) is 0.704. The summed E-state index contributed by atoms with van der Waals surface area (Å²) >= 11 is 0.939. The van der Waals surface area contributed by atoms with Crippen molar-refractivity contribution in [2.24, 2.45) is 0 Å². The Labute approximate surface area is 84.5 Å². The van der Waals surface area contributed by atoms with E-state index in [2.05, 4.69) is 0 Å². The van der Waals surface area contributed by atoms with Crippen LogP contribution in [-0.4, -0.2) is 11.8 Å². The average molecular weight is 214 g/mol. The number of benzene rings is 1. The van der Waals surface area contributed by atoms with Gasteiger partial charge in [-0.05, 0) is 18.6 Å². The predicted octanol–water partition coefficient (Wildman–Crippen LogP) is 2.97. The van der Waals surface area contributed by atoms with Crippen molar-refractivity contribution in [3.63, 3.8) is 0 Å². The largest absolute Gasteiger partial charge is 0.294 e. The molecule has 0 amide bonds. The number of hydrogen-bond donors (Lipinski definition) is 0. The number of rotatable bonds is 2. The van der Waals surface area contributed by atoms with E-state index in [0.717, 1.165) is 11.8 Å². The van der Waals surface area contributed by atoms with Crippen LogP contribution in [0, 0.1) is 5.82 Å². The van der Waals surface area contributed by atoms with Gasteiger partial charge in [0.25, 0.3) is 0 Å². The Morgan fingerprint density at radius 3 is 2.86 bits per heavy atom. The Morgan fingerprint density at radius 2 is 2.14 bits per heavy atom. The molecule has 4 heteroatoms. The van der Waals surface area contributed by atoms with Gasteiger partial charge in [-0.1, -0.05) is 11.8 Å². The third kappa shape index (κ3) is 1.43. The van der Waals surface area contributed by atoms with Crippen LogP contribution < -0.4 is 0 Å². The molecule has 1 aromatic rings. The molecule has 0 atom stereocenters. The second-order valence-electron chi connectivity index (χ2n) is 3.08. The van der Waals surface area contributed by atoms with Gasteiger partial charge in [-0.25, -0.2) is 8.78 Å². The first-order chi connectivity index (χ1) is 6.74. The summed E-state index contributed by atoms with van der Waals surface area (Å²) in [6.45, 7) is 0. The first-order valence-electron chi connectivity index (χ1n) is 4.27. The lowest BCUT2D eigenvalue weighted by atomic mass is 10.1. The minimum atomic E-state index is -0.592. The highest BCUT2D eigenvalue weighted by Gasteiger charge is 2.25. The second-order valence-corrected chi connectivity index (χ2v) is 4.02. The third-order valence-electron chi connectivity index (χ3n) is 2.31. The maximum absolute atomic E-state index is 13.2. The molecule has 0 bridgehead atoms. The number of alkyl halides is 1. The number of fused-ring (bicyclic) bond motifs is 1. The summed E-state index contributed by atoms with van der Waals surface area (Å²) < 4.78 is 25.4. The molecule has 0 spiro atoms. The van der Waals surface area contributed by atoms with Crippen LogP contribution in [0.2, 0.25) is 0 Å². The monoisotopic (exact) mass is 214 g/mol. The molecule has 0 aliphatic heterocycles. The number of Topliss-reactive ketones (excluding diaryl/α,β-unsaturated/α-hetero) is 1. The van der Waals surface area contributed by atoms with E-state index >= 15 is 0 Å². The lowest BCUT2D eigenvalue weighted by molar-refractivity contribution is 0.0992. The van der Waals surface area contributed by atoms with Crippen LogP contribution >= 0.6 is 11.8 Å². The molecule has 0 fully saturated rings. The van der Waals surface area contributed by atoms with Crippen molar-refractivity contribution in [1.82, 2.24) is 0 Å². The standard InChI is InChI=1S/C10H8F2OS/c11-5-14-9-4-2-7(12)6-1-3-8(13)10(6)9/h2,4H,1,3,5H2. The Hall–Kier alpha value is -0.900. The van der Waals surface area contributed by atoms with Crippen LogP contribution in [0.3, 0.4) is 0 Å². The van der Waals surface area contributed by atoms with Crippen LogP contribution in [0.5, 0.6) is 0 Å². The fourth-order valence-electron chi connectivity index (χ4n) is 1.69. The van der Waals surface area contributed by atoms with Crippen LogP contribution in [0.4, 0.5) is 8.78 Å². The van der Waals surface area contributed by atoms with Gasteiger partial charge in [0.2, 0.25) is 0 Å². The summed E-state index contributed by atoms with van der Waals surface area (Å²) in [4.78, 5) is 12.0. The summed E-state index contributed by atoms with van der Waals surface area (Å²) in [5, 5.41) is 0. The molecule has 0 heterocycles. The first-order valence-corrected chi connectivity index (χ1v) is 5.26. The Balaban J connectivity index is 2.54. The number of halogens is 2. The van der Waals surface area contributed by atoms with Gasteiger partial charge < -0.3 is 0 Å². The van der Waals surface area contributed by atoms with Gasteiger partial charge >= 0.3 is 0 Å². The maximum atomic E-state index is 13.2. The number of thioether (sulfide) groups is 1. The lowest BCUT2D eigenvalue weighted by Gasteiger charge is -2.05. The summed E-state index contributed by atoms with van der Waals surface area (Å²) in [7, 11) is 0. The molecule has 74 valence electrons. The van der Waals surface area contributed by atoms with Gasteiger partial charge in [0, 0.05) is 22.4 Å². The van der Waals surface area contributed by atoms with Crippen molar-refractivity contribution in [1.29, 1.82) is 0 Å². The molecule has 2 rings (SSSR count). The molecule has 1 aliphatic carbocycles. The van der Waals surface area contributed by atoms with E-state index in [1.54, 1.807) is 0 Å². The molecule has 0 N–H and O–H groups in total. The highest BCUT2D eigenvalue weighted by atomic mass is 32.2. The minimum Gasteiger partial charge on any atom is -0.294 e. The zero-order chi connectivity index (χ0) is 10.1. The van der Waals surface area contributed by atoms with Gasteiger partial charge in [-0.2, -0.15) is 0 Å². The highest BCUT2D eigenvalue weighted by molar-refractivity contribution is 7.99. The molecule has 1 nitrogen and oxygen atoms in total. The lowest BCUT2D eigenvalue weighted by Crippen LogP contribution is -1.96. The van der Waals surface area contributed by atoms with E-state index in [4.69, 9.17) is 0 Å². The van der Waals surface area contributed by atoms with Gasteiger partial charge in [0.1, 0.15) is 11.8 Å². The van der Waals surface area contributed by atoms with Crippen molar-refractivity contribution < 1.29 is 13.6 Å². The number of carbonyl (C=O) groups is 1. The molecule has 0 saturated heterocycles. The van der Waals surface area contributed by atoms with E-state index in [-0.39, 0.29) is 11.6 Å². The summed E-state index contributed by atoms with van der Waals surface area (Å²) in [5.74, 6) is -0.426. The zero-order valence-electron chi connectivity index (χ0n) is 7.35. The smallest absolute Gasteiger partial charge is 0.164 e. The van der Waals surface area contributed by atoms with Crippen molar-refractivity contribution in [3.8, 4) is 0 Å². The summed E-state index contributed by atoms with van der Waals surface area (Å²) in [6.07, 6.45) is 0.788. The SMILES string of the molecule is O=C1CCc2c(F)ccc(SCF)c21. The van der Waals surface area contributed by atoms with Gasteiger partial charge in [-0.3, -0.25) is 4.79 Å². The molecule has 0 saturated carbocycles. The molecular weight excluding hydrogens is 206 g/mol. The Kier molecular flexibility index (Phi) is 2.54. The predicted molar refractivity (Wildman–Crippen MR) is 50.9 cm³/mol. The summed E-state index contributed by atoms with van der Waals surface area (Å²) in [6, 6.07) is 2.18. The fraction of sp³-hybridized carbons (Fsp3) is 0.300.